The fourth-order valence-corrected chi connectivity index (χ4v) is 2.92. The molecular formula is C17H17ClN4O3. The monoisotopic (exact) mass is 360 g/mol. The number of pyridine rings is 1. The Morgan fingerprint density at radius 1 is 1.08 bits per heavy atom. The van der Waals surface area contributed by atoms with Crippen LogP contribution in [0.5, 0.6) is 0 Å². The summed E-state index contributed by atoms with van der Waals surface area (Å²) in [5.41, 5.74) is 0.587. The van der Waals surface area contributed by atoms with E-state index in [9.17, 15) is 14.9 Å². The fourth-order valence-electron chi connectivity index (χ4n) is 2.80. The van der Waals surface area contributed by atoms with Crippen LogP contribution in [0.2, 0.25) is 5.02 Å². The highest BCUT2D eigenvalue weighted by atomic mass is 35.5. The van der Waals surface area contributed by atoms with Crippen LogP contribution in [0.25, 0.3) is 0 Å². The predicted molar refractivity (Wildman–Crippen MR) is 95.1 cm³/mol. The lowest BCUT2D eigenvalue weighted by molar-refractivity contribution is -0.385. The second-order valence-electron chi connectivity index (χ2n) is 5.77. The van der Waals surface area contributed by atoms with Gasteiger partial charge in [-0.25, -0.2) is 4.98 Å². The lowest BCUT2D eigenvalue weighted by atomic mass is 10.2. The topological polar surface area (TPSA) is 79.6 Å². The van der Waals surface area contributed by atoms with Gasteiger partial charge in [-0.1, -0.05) is 11.6 Å². The molecule has 0 spiro atoms. The number of hydrogen-bond acceptors (Lipinski definition) is 5. The van der Waals surface area contributed by atoms with Gasteiger partial charge < -0.3 is 9.80 Å². The van der Waals surface area contributed by atoms with Crippen LogP contribution >= 0.6 is 11.6 Å². The first-order valence-electron chi connectivity index (χ1n) is 7.95. The Kier molecular flexibility index (Phi) is 5.14. The van der Waals surface area contributed by atoms with Gasteiger partial charge in [-0.15, -0.1) is 0 Å². The highest BCUT2D eigenvalue weighted by Crippen LogP contribution is 2.18. The van der Waals surface area contributed by atoms with Crippen LogP contribution in [0, 0.1) is 10.1 Å². The Hall–Kier alpha value is -2.67. The molecule has 0 bridgehead atoms. The highest BCUT2D eigenvalue weighted by Gasteiger charge is 2.21. The molecule has 7 nitrogen and oxygen atoms in total. The van der Waals surface area contributed by atoms with Crippen LogP contribution < -0.4 is 4.90 Å². The normalized spacial score (nSPS) is 14.9. The van der Waals surface area contributed by atoms with Crippen LogP contribution in [0.4, 0.5) is 11.5 Å². The van der Waals surface area contributed by atoms with Crippen LogP contribution in [-0.4, -0.2) is 46.9 Å². The van der Waals surface area contributed by atoms with Crippen molar-refractivity contribution in [2.24, 2.45) is 0 Å². The SMILES string of the molecule is O=C(c1ccc(Cl)cc1)N1CCCN(c2ccc([N+](=O)[O-])cn2)CC1. The second kappa shape index (κ2) is 7.48. The van der Waals surface area contributed by atoms with Crippen molar-refractivity contribution in [1.29, 1.82) is 0 Å². The van der Waals surface area contributed by atoms with E-state index in [0.717, 1.165) is 13.0 Å². The van der Waals surface area contributed by atoms with Crippen molar-refractivity contribution in [3.05, 3.63) is 63.3 Å². The molecule has 1 aromatic carbocycles. The summed E-state index contributed by atoms with van der Waals surface area (Å²) in [6.07, 6.45) is 2.06. The van der Waals surface area contributed by atoms with Gasteiger partial charge in [0, 0.05) is 42.8 Å². The van der Waals surface area contributed by atoms with E-state index < -0.39 is 4.92 Å². The Bertz CT molecular complexity index is 764. The predicted octanol–water partition coefficient (Wildman–Crippen LogP) is 3.00. The van der Waals surface area contributed by atoms with E-state index in [1.165, 1.54) is 12.3 Å². The molecule has 0 N–H and O–H groups in total. The van der Waals surface area contributed by atoms with Crippen molar-refractivity contribution in [3.63, 3.8) is 0 Å². The van der Waals surface area contributed by atoms with Gasteiger partial charge in [-0.05, 0) is 36.8 Å². The van der Waals surface area contributed by atoms with E-state index in [-0.39, 0.29) is 11.6 Å². The van der Waals surface area contributed by atoms with Crippen molar-refractivity contribution in [2.75, 3.05) is 31.1 Å². The molecule has 1 aromatic heterocycles. The average molecular weight is 361 g/mol. The first-order chi connectivity index (χ1) is 12.0. The number of benzene rings is 1. The molecule has 1 aliphatic heterocycles. The standard InChI is InChI=1S/C17H17ClN4O3/c18-14-4-2-13(3-5-14)17(23)21-9-1-8-20(10-11-21)16-7-6-15(12-19-16)22(24)25/h2-7,12H,1,8-11H2. The number of rotatable bonds is 3. The molecule has 0 radical (unpaired) electrons. The number of carbonyl (C=O) groups excluding carboxylic acids is 1. The summed E-state index contributed by atoms with van der Waals surface area (Å²) in [4.78, 5) is 30.9. The van der Waals surface area contributed by atoms with Gasteiger partial charge in [0.15, 0.2) is 0 Å². The van der Waals surface area contributed by atoms with Gasteiger partial charge in [0.1, 0.15) is 12.0 Å². The summed E-state index contributed by atoms with van der Waals surface area (Å²) in [6, 6.07) is 9.97. The molecule has 25 heavy (non-hydrogen) atoms. The van der Waals surface area contributed by atoms with Crippen molar-refractivity contribution >= 4 is 29.0 Å². The minimum absolute atomic E-state index is 0.0184. The van der Waals surface area contributed by atoms with E-state index >= 15 is 0 Å². The van der Waals surface area contributed by atoms with Gasteiger partial charge in [0.05, 0.1) is 4.92 Å². The van der Waals surface area contributed by atoms with E-state index in [2.05, 4.69) is 4.98 Å². The molecule has 130 valence electrons. The van der Waals surface area contributed by atoms with Crippen LogP contribution in [0.15, 0.2) is 42.6 Å². The van der Waals surface area contributed by atoms with Gasteiger partial charge >= 0.3 is 0 Å². The van der Waals surface area contributed by atoms with Gasteiger partial charge in [0.25, 0.3) is 11.6 Å². The Balaban J connectivity index is 1.66. The van der Waals surface area contributed by atoms with E-state index in [1.54, 1.807) is 30.3 Å². The summed E-state index contributed by atoms with van der Waals surface area (Å²) in [6.45, 7) is 2.60. The summed E-state index contributed by atoms with van der Waals surface area (Å²) >= 11 is 5.87. The molecule has 1 amide bonds. The molecule has 3 rings (SSSR count). The number of hydrogen-bond donors (Lipinski definition) is 0. The Labute approximate surface area is 150 Å². The molecule has 0 unspecified atom stereocenters. The fraction of sp³-hybridized carbons (Fsp3) is 0.294. The molecule has 1 aliphatic rings. The van der Waals surface area contributed by atoms with Crippen LogP contribution in [0.1, 0.15) is 16.8 Å². The number of amides is 1. The number of halogens is 1. The van der Waals surface area contributed by atoms with E-state index in [4.69, 9.17) is 11.6 Å². The van der Waals surface area contributed by atoms with Crippen molar-refractivity contribution in [3.8, 4) is 0 Å². The highest BCUT2D eigenvalue weighted by molar-refractivity contribution is 6.30. The van der Waals surface area contributed by atoms with E-state index in [1.807, 2.05) is 9.80 Å². The molecule has 2 heterocycles. The largest absolute Gasteiger partial charge is 0.355 e. The maximum Gasteiger partial charge on any atom is 0.287 e. The minimum Gasteiger partial charge on any atom is -0.355 e. The lowest BCUT2D eigenvalue weighted by Crippen LogP contribution is -2.35. The van der Waals surface area contributed by atoms with Gasteiger partial charge in [-0.2, -0.15) is 0 Å². The molecule has 1 fully saturated rings. The molecule has 2 aromatic rings. The third-order valence-electron chi connectivity index (χ3n) is 4.14. The maximum absolute atomic E-state index is 12.6. The third-order valence-corrected chi connectivity index (χ3v) is 4.39. The maximum atomic E-state index is 12.6. The zero-order chi connectivity index (χ0) is 17.8. The summed E-state index contributed by atoms with van der Waals surface area (Å²) in [5.74, 6) is 0.668. The van der Waals surface area contributed by atoms with Gasteiger partial charge in [-0.3, -0.25) is 14.9 Å². The lowest BCUT2D eigenvalue weighted by Gasteiger charge is -2.22. The van der Waals surface area contributed by atoms with Crippen molar-refractivity contribution in [1.82, 2.24) is 9.88 Å². The number of aromatic nitrogens is 1. The third kappa shape index (κ3) is 4.06. The molecule has 1 saturated heterocycles. The summed E-state index contributed by atoms with van der Waals surface area (Å²) in [7, 11) is 0. The van der Waals surface area contributed by atoms with Gasteiger partial charge in [0.2, 0.25) is 0 Å². The number of carbonyl (C=O) groups is 1. The first kappa shape index (κ1) is 17.2. The minimum atomic E-state index is -0.467. The Morgan fingerprint density at radius 2 is 1.84 bits per heavy atom. The molecular weight excluding hydrogens is 344 g/mol. The number of nitrogens with zero attached hydrogens (tertiary/aromatic N) is 4. The molecule has 0 saturated carbocycles. The van der Waals surface area contributed by atoms with Crippen LogP contribution in [0.3, 0.4) is 0 Å². The molecule has 8 heteroatoms. The Morgan fingerprint density at radius 3 is 2.48 bits per heavy atom. The summed E-state index contributed by atoms with van der Waals surface area (Å²) in [5, 5.41) is 11.3. The smallest absolute Gasteiger partial charge is 0.287 e. The molecule has 0 atom stereocenters. The van der Waals surface area contributed by atoms with Crippen molar-refractivity contribution < 1.29 is 9.72 Å². The first-order valence-corrected chi connectivity index (χ1v) is 8.32. The van der Waals surface area contributed by atoms with E-state index in [0.29, 0.717) is 36.0 Å². The zero-order valence-electron chi connectivity index (χ0n) is 13.5. The quantitative estimate of drug-likeness (QED) is 0.621. The van der Waals surface area contributed by atoms with Crippen LogP contribution in [-0.2, 0) is 0 Å². The molecule has 0 aliphatic carbocycles. The number of anilines is 1. The average Bonchev–Trinajstić information content (AvgIpc) is 2.88. The second-order valence-corrected chi connectivity index (χ2v) is 6.21. The number of nitro groups is 1. The zero-order valence-corrected chi connectivity index (χ0v) is 14.2. The summed E-state index contributed by atoms with van der Waals surface area (Å²) < 4.78 is 0. The van der Waals surface area contributed by atoms with Crippen molar-refractivity contribution in [2.45, 2.75) is 6.42 Å².